The van der Waals surface area contributed by atoms with Crippen molar-refractivity contribution in [3.63, 3.8) is 0 Å². The van der Waals surface area contributed by atoms with Crippen molar-refractivity contribution in [3.8, 4) is 0 Å². The lowest BCUT2D eigenvalue weighted by atomic mass is 10.1. The molecule has 0 aliphatic carbocycles. The maximum Gasteiger partial charge on any atom is 0.251 e. The summed E-state index contributed by atoms with van der Waals surface area (Å²) < 4.78 is 13.3. The number of nitrogens with one attached hydrogen (secondary N) is 2. The van der Waals surface area contributed by atoms with E-state index in [1.54, 1.807) is 19.1 Å². The first kappa shape index (κ1) is 13.6. The Morgan fingerprint density at radius 3 is 2.71 bits per heavy atom. The predicted octanol–water partition coefficient (Wildman–Crippen LogP) is 1.72. The molecular formula is C13H19FN2O. The van der Waals surface area contributed by atoms with Crippen molar-refractivity contribution in [1.29, 1.82) is 0 Å². The second-order valence-corrected chi connectivity index (χ2v) is 4.34. The van der Waals surface area contributed by atoms with E-state index in [4.69, 9.17) is 0 Å². The summed E-state index contributed by atoms with van der Waals surface area (Å²) in [5.41, 5.74) is 0.912. The summed E-state index contributed by atoms with van der Waals surface area (Å²) in [7, 11) is 1.87. The van der Waals surface area contributed by atoms with Gasteiger partial charge in [0, 0.05) is 12.1 Å². The standard InChI is InChI=1S/C13H19FN2O/c1-9(7-15-3)8-16-13(17)11-5-4-10(2)12(14)6-11/h4-6,9,15H,7-8H2,1-3H3,(H,16,17). The van der Waals surface area contributed by atoms with Crippen LogP contribution in [0.1, 0.15) is 22.8 Å². The lowest BCUT2D eigenvalue weighted by molar-refractivity contribution is 0.0947. The van der Waals surface area contributed by atoms with Crippen molar-refractivity contribution in [2.24, 2.45) is 5.92 Å². The third kappa shape index (κ3) is 4.15. The molecule has 1 amide bonds. The molecule has 2 N–H and O–H groups in total. The maximum atomic E-state index is 13.3. The predicted molar refractivity (Wildman–Crippen MR) is 66.6 cm³/mol. The van der Waals surface area contributed by atoms with Gasteiger partial charge in [0.15, 0.2) is 0 Å². The number of carbonyl (C=O) groups excluding carboxylic acids is 1. The Balaban J connectivity index is 2.55. The summed E-state index contributed by atoms with van der Waals surface area (Å²) in [5, 5.41) is 5.82. The summed E-state index contributed by atoms with van der Waals surface area (Å²) in [6, 6.07) is 4.52. The Morgan fingerprint density at radius 1 is 1.41 bits per heavy atom. The quantitative estimate of drug-likeness (QED) is 0.820. The highest BCUT2D eigenvalue weighted by molar-refractivity contribution is 5.94. The number of halogens is 1. The molecule has 0 aliphatic heterocycles. The van der Waals surface area contributed by atoms with E-state index in [1.807, 2.05) is 14.0 Å². The fourth-order valence-corrected chi connectivity index (χ4v) is 1.52. The first-order valence-corrected chi connectivity index (χ1v) is 5.73. The highest BCUT2D eigenvalue weighted by Gasteiger charge is 2.09. The van der Waals surface area contributed by atoms with E-state index in [1.165, 1.54) is 6.07 Å². The van der Waals surface area contributed by atoms with Crippen molar-refractivity contribution in [3.05, 3.63) is 35.1 Å². The monoisotopic (exact) mass is 238 g/mol. The van der Waals surface area contributed by atoms with Gasteiger partial charge in [0.25, 0.3) is 5.91 Å². The average molecular weight is 238 g/mol. The van der Waals surface area contributed by atoms with Gasteiger partial charge in [0.2, 0.25) is 0 Å². The van der Waals surface area contributed by atoms with Crippen LogP contribution < -0.4 is 10.6 Å². The van der Waals surface area contributed by atoms with E-state index in [-0.39, 0.29) is 11.7 Å². The Labute approximate surface area is 101 Å². The summed E-state index contributed by atoms with van der Waals surface area (Å²) in [5.74, 6) is -0.230. The van der Waals surface area contributed by atoms with Crippen molar-refractivity contribution in [2.45, 2.75) is 13.8 Å². The molecule has 3 nitrogen and oxygen atoms in total. The zero-order valence-corrected chi connectivity index (χ0v) is 10.5. The molecule has 0 saturated heterocycles. The molecule has 0 spiro atoms. The van der Waals surface area contributed by atoms with Crippen LogP contribution in [0.15, 0.2) is 18.2 Å². The number of rotatable bonds is 5. The van der Waals surface area contributed by atoms with Crippen LogP contribution in [0.3, 0.4) is 0 Å². The van der Waals surface area contributed by atoms with Crippen molar-refractivity contribution in [2.75, 3.05) is 20.1 Å². The molecule has 1 aromatic carbocycles. The lowest BCUT2D eigenvalue weighted by Crippen LogP contribution is -2.32. The average Bonchev–Trinajstić information content (AvgIpc) is 2.30. The van der Waals surface area contributed by atoms with E-state index in [0.717, 1.165) is 6.54 Å². The fraction of sp³-hybridized carbons (Fsp3) is 0.462. The number of amides is 1. The molecular weight excluding hydrogens is 219 g/mol. The number of hydrogen-bond donors (Lipinski definition) is 2. The molecule has 1 rings (SSSR count). The molecule has 94 valence electrons. The third-order valence-electron chi connectivity index (χ3n) is 2.60. The first-order valence-electron chi connectivity index (χ1n) is 5.73. The summed E-state index contributed by atoms with van der Waals surface area (Å²) in [4.78, 5) is 11.7. The minimum atomic E-state index is -0.346. The van der Waals surface area contributed by atoms with E-state index in [0.29, 0.717) is 23.6 Å². The highest BCUT2D eigenvalue weighted by Crippen LogP contribution is 2.09. The van der Waals surface area contributed by atoms with Crippen LogP contribution in [0.2, 0.25) is 0 Å². The van der Waals surface area contributed by atoms with Crippen LogP contribution in [-0.4, -0.2) is 26.0 Å². The molecule has 1 unspecified atom stereocenters. The largest absolute Gasteiger partial charge is 0.352 e. The van der Waals surface area contributed by atoms with Crippen LogP contribution in [0.5, 0.6) is 0 Å². The second-order valence-electron chi connectivity index (χ2n) is 4.34. The Bertz CT molecular complexity index is 393. The molecule has 17 heavy (non-hydrogen) atoms. The summed E-state index contributed by atoms with van der Waals surface area (Å²) in [6.07, 6.45) is 0. The van der Waals surface area contributed by atoms with Gasteiger partial charge in [-0.1, -0.05) is 13.0 Å². The zero-order valence-electron chi connectivity index (χ0n) is 10.5. The first-order chi connectivity index (χ1) is 8.04. The molecule has 0 fully saturated rings. The normalized spacial score (nSPS) is 12.2. The Kier molecular flexibility index (Phi) is 5.10. The van der Waals surface area contributed by atoms with Crippen LogP contribution in [0, 0.1) is 18.7 Å². The van der Waals surface area contributed by atoms with Crippen molar-refractivity contribution >= 4 is 5.91 Å². The minimum absolute atomic E-state index is 0.230. The molecule has 0 heterocycles. The van der Waals surface area contributed by atoms with Gasteiger partial charge in [-0.3, -0.25) is 4.79 Å². The smallest absolute Gasteiger partial charge is 0.251 e. The van der Waals surface area contributed by atoms with Gasteiger partial charge in [-0.15, -0.1) is 0 Å². The number of aryl methyl sites for hydroxylation is 1. The molecule has 0 aliphatic rings. The fourth-order valence-electron chi connectivity index (χ4n) is 1.52. The van der Waals surface area contributed by atoms with E-state index in [2.05, 4.69) is 10.6 Å². The molecule has 1 atom stereocenters. The number of carbonyl (C=O) groups is 1. The SMILES string of the molecule is CNCC(C)CNC(=O)c1ccc(C)c(F)c1. The second kappa shape index (κ2) is 6.35. The summed E-state index contributed by atoms with van der Waals surface area (Å²) >= 11 is 0. The number of hydrogen-bond acceptors (Lipinski definition) is 2. The van der Waals surface area contributed by atoms with Crippen molar-refractivity contribution < 1.29 is 9.18 Å². The van der Waals surface area contributed by atoms with Gasteiger partial charge < -0.3 is 10.6 Å². The van der Waals surface area contributed by atoms with Crippen LogP contribution in [0.25, 0.3) is 0 Å². The Hall–Kier alpha value is -1.42. The van der Waals surface area contributed by atoms with Crippen molar-refractivity contribution in [1.82, 2.24) is 10.6 Å². The maximum absolute atomic E-state index is 13.3. The molecule has 0 bridgehead atoms. The van der Waals surface area contributed by atoms with Crippen LogP contribution in [0.4, 0.5) is 4.39 Å². The third-order valence-corrected chi connectivity index (χ3v) is 2.60. The minimum Gasteiger partial charge on any atom is -0.352 e. The highest BCUT2D eigenvalue weighted by atomic mass is 19.1. The molecule has 1 aromatic rings. The topological polar surface area (TPSA) is 41.1 Å². The zero-order chi connectivity index (χ0) is 12.8. The van der Waals surface area contributed by atoms with E-state index < -0.39 is 0 Å². The van der Waals surface area contributed by atoms with Gasteiger partial charge in [0.05, 0.1) is 0 Å². The molecule has 0 saturated carbocycles. The van der Waals surface area contributed by atoms with Crippen LogP contribution >= 0.6 is 0 Å². The summed E-state index contributed by atoms with van der Waals surface area (Å²) in [6.45, 7) is 5.12. The van der Waals surface area contributed by atoms with E-state index in [9.17, 15) is 9.18 Å². The number of benzene rings is 1. The van der Waals surface area contributed by atoms with Gasteiger partial charge in [-0.05, 0) is 44.1 Å². The van der Waals surface area contributed by atoms with Gasteiger partial charge in [0.1, 0.15) is 5.82 Å². The molecule has 0 radical (unpaired) electrons. The lowest BCUT2D eigenvalue weighted by Gasteiger charge is -2.12. The molecule has 0 aromatic heterocycles. The van der Waals surface area contributed by atoms with Gasteiger partial charge in [-0.25, -0.2) is 4.39 Å². The molecule has 4 heteroatoms. The van der Waals surface area contributed by atoms with E-state index >= 15 is 0 Å². The van der Waals surface area contributed by atoms with Gasteiger partial charge in [-0.2, -0.15) is 0 Å². The Morgan fingerprint density at radius 2 is 2.12 bits per heavy atom. The van der Waals surface area contributed by atoms with Gasteiger partial charge >= 0.3 is 0 Å². The van der Waals surface area contributed by atoms with Crippen LogP contribution in [-0.2, 0) is 0 Å².